The van der Waals surface area contributed by atoms with Crippen LogP contribution in [0.5, 0.6) is 0 Å². The van der Waals surface area contributed by atoms with E-state index in [2.05, 4.69) is 0 Å². The Morgan fingerprint density at radius 2 is 2.19 bits per heavy atom. The fraction of sp³-hybridized carbons (Fsp3) is 0.154. The van der Waals surface area contributed by atoms with Gasteiger partial charge < -0.3 is 4.42 Å². The molecule has 0 aliphatic rings. The lowest BCUT2D eigenvalue weighted by Crippen LogP contribution is -1.87. The highest BCUT2D eigenvalue weighted by Gasteiger charge is 2.07. The number of carbonyl (C=O) groups excluding carboxylic acids is 1. The van der Waals surface area contributed by atoms with E-state index in [1.165, 1.54) is 0 Å². The minimum absolute atomic E-state index is 0.370. The van der Waals surface area contributed by atoms with E-state index in [4.69, 9.17) is 16.0 Å². The summed E-state index contributed by atoms with van der Waals surface area (Å²) in [4.78, 5) is 10.6. The average Bonchev–Trinajstić information content (AvgIpc) is 2.60. The number of furan rings is 1. The van der Waals surface area contributed by atoms with Crippen LogP contribution in [0.25, 0.3) is 0 Å². The SMILES string of the molecule is Cc1oc(C=O)cc1Cc1cccc(Cl)c1. The molecule has 0 bridgehead atoms. The van der Waals surface area contributed by atoms with Gasteiger partial charge in [0.1, 0.15) is 5.76 Å². The molecule has 0 N–H and O–H groups in total. The number of aldehydes is 1. The zero-order valence-electron chi connectivity index (χ0n) is 8.87. The van der Waals surface area contributed by atoms with Crippen LogP contribution in [0.1, 0.15) is 27.4 Å². The Hall–Kier alpha value is -1.54. The summed E-state index contributed by atoms with van der Waals surface area (Å²) in [6.45, 7) is 1.85. The molecule has 0 aliphatic heterocycles. The molecule has 2 nitrogen and oxygen atoms in total. The molecule has 16 heavy (non-hydrogen) atoms. The van der Waals surface area contributed by atoms with Gasteiger partial charge in [0.05, 0.1) is 0 Å². The van der Waals surface area contributed by atoms with Gasteiger partial charge in [0.25, 0.3) is 0 Å². The van der Waals surface area contributed by atoms with Crippen LogP contribution in [0.4, 0.5) is 0 Å². The first kappa shape index (κ1) is 11.0. The maximum absolute atomic E-state index is 10.6. The first-order valence-corrected chi connectivity index (χ1v) is 5.36. The van der Waals surface area contributed by atoms with Crippen molar-refractivity contribution in [2.75, 3.05) is 0 Å². The molecule has 2 rings (SSSR count). The van der Waals surface area contributed by atoms with Gasteiger partial charge >= 0.3 is 0 Å². The number of halogens is 1. The van der Waals surface area contributed by atoms with Gasteiger partial charge in [-0.05, 0) is 36.2 Å². The van der Waals surface area contributed by atoms with Crippen LogP contribution >= 0.6 is 11.6 Å². The van der Waals surface area contributed by atoms with Gasteiger partial charge in [-0.1, -0.05) is 23.7 Å². The minimum Gasteiger partial charge on any atom is -0.458 e. The normalized spacial score (nSPS) is 10.4. The molecule has 0 radical (unpaired) electrons. The fourth-order valence-corrected chi connectivity index (χ4v) is 1.86. The molecule has 3 heteroatoms. The van der Waals surface area contributed by atoms with E-state index in [9.17, 15) is 4.79 Å². The molecule has 2 aromatic rings. The lowest BCUT2D eigenvalue weighted by Gasteiger charge is -2.00. The highest BCUT2D eigenvalue weighted by atomic mass is 35.5. The topological polar surface area (TPSA) is 30.2 Å². The van der Waals surface area contributed by atoms with Crippen molar-refractivity contribution in [1.82, 2.24) is 0 Å². The number of aryl methyl sites for hydroxylation is 1. The van der Waals surface area contributed by atoms with Crippen molar-refractivity contribution >= 4 is 17.9 Å². The largest absolute Gasteiger partial charge is 0.458 e. The molecule has 0 atom stereocenters. The molecule has 0 fully saturated rings. The Morgan fingerprint density at radius 1 is 1.38 bits per heavy atom. The highest BCUT2D eigenvalue weighted by molar-refractivity contribution is 6.30. The molecular formula is C13H11ClO2. The first-order chi connectivity index (χ1) is 7.69. The highest BCUT2D eigenvalue weighted by Crippen LogP contribution is 2.19. The Balaban J connectivity index is 2.26. The zero-order valence-corrected chi connectivity index (χ0v) is 9.62. The van der Waals surface area contributed by atoms with Crippen LogP contribution in [0.2, 0.25) is 5.02 Å². The van der Waals surface area contributed by atoms with Crippen molar-refractivity contribution < 1.29 is 9.21 Å². The van der Waals surface area contributed by atoms with E-state index in [0.717, 1.165) is 23.3 Å². The third-order valence-corrected chi connectivity index (χ3v) is 2.67. The summed E-state index contributed by atoms with van der Waals surface area (Å²) in [7, 11) is 0. The molecule has 0 saturated heterocycles. The van der Waals surface area contributed by atoms with E-state index >= 15 is 0 Å². The number of hydrogen-bond acceptors (Lipinski definition) is 2. The summed E-state index contributed by atoms with van der Waals surface area (Å²) in [6, 6.07) is 9.43. The fourth-order valence-electron chi connectivity index (χ4n) is 1.65. The zero-order chi connectivity index (χ0) is 11.5. The lowest BCUT2D eigenvalue weighted by molar-refractivity contribution is 0.109. The molecule has 0 spiro atoms. The third kappa shape index (κ3) is 2.34. The van der Waals surface area contributed by atoms with Gasteiger partial charge in [0.2, 0.25) is 0 Å². The molecule has 0 unspecified atom stereocenters. The summed E-state index contributed by atoms with van der Waals surface area (Å²) >= 11 is 5.90. The number of rotatable bonds is 3. The average molecular weight is 235 g/mol. The summed E-state index contributed by atoms with van der Waals surface area (Å²) < 4.78 is 5.27. The second kappa shape index (κ2) is 4.54. The molecule has 1 aromatic heterocycles. The van der Waals surface area contributed by atoms with Crippen LogP contribution in [-0.2, 0) is 6.42 Å². The van der Waals surface area contributed by atoms with Gasteiger partial charge in [0.15, 0.2) is 12.0 Å². The predicted octanol–water partition coefficient (Wildman–Crippen LogP) is 3.64. The van der Waals surface area contributed by atoms with Gasteiger partial charge in [-0.25, -0.2) is 0 Å². The summed E-state index contributed by atoms with van der Waals surface area (Å²) in [6.07, 6.45) is 1.44. The standard InChI is InChI=1S/C13H11ClO2/c1-9-11(7-13(8-15)16-9)5-10-3-2-4-12(14)6-10/h2-4,6-8H,5H2,1H3. The Bertz CT molecular complexity index is 514. The monoisotopic (exact) mass is 234 g/mol. The molecule has 1 heterocycles. The smallest absolute Gasteiger partial charge is 0.185 e. The van der Waals surface area contributed by atoms with Crippen molar-refractivity contribution in [1.29, 1.82) is 0 Å². The minimum atomic E-state index is 0.370. The first-order valence-electron chi connectivity index (χ1n) is 4.98. The van der Waals surface area contributed by atoms with Crippen LogP contribution in [0.15, 0.2) is 34.7 Å². The van der Waals surface area contributed by atoms with Crippen LogP contribution in [0.3, 0.4) is 0 Å². The Labute approximate surface area is 98.8 Å². The van der Waals surface area contributed by atoms with Crippen molar-refractivity contribution in [2.24, 2.45) is 0 Å². The van der Waals surface area contributed by atoms with E-state index in [1.54, 1.807) is 6.07 Å². The Morgan fingerprint density at radius 3 is 2.81 bits per heavy atom. The van der Waals surface area contributed by atoms with Gasteiger partial charge in [-0.15, -0.1) is 0 Å². The molecule has 0 saturated carbocycles. The molecular weight excluding hydrogens is 224 g/mol. The van der Waals surface area contributed by atoms with Crippen molar-refractivity contribution in [2.45, 2.75) is 13.3 Å². The predicted molar refractivity (Wildman–Crippen MR) is 63.1 cm³/mol. The maximum atomic E-state index is 10.6. The van der Waals surface area contributed by atoms with Crippen LogP contribution in [0, 0.1) is 6.92 Å². The van der Waals surface area contributed by atoms with Crippen molar-refractivity contribution in [3.05, 3.63) is 58.0 Å². The third-order valence-electron chi connectivity index (χ3n) is 2.44. The number of carbonyl (C=O) groups is 1. The summed E-state index contributed by atoms with van der Waals surface area (Å²) in [5, 5.41) is 0.717. The summed E-state index contributed by atoms with van der Waals surface area (Å²) in [5.41, 5.74) is 2.12. The molecule has 82 valence electrons. The lowest BCUT2D eigenvalue weighted by atomic mass is 10.1. The van der Waals surface area contributed by atoms with Crippen LogP contribution < -0.4 is 0 Å². The van der Waals surface area contributed by atoms with E-state index in [-0.39, 0.29) is 0 Å². The van der Waals surface area contributed by atoms with E-state index in [1.807, 2.05) is 31.2 Å². The second-order valence-corrected chi connectivity index (χ2v) is 4.09. The quantitative estimate of drug-likeness (QED) is 0.759. The van der Waals surface area contributed by atoms with Crippen molar-refractivity contribution in [3.63, 3.8) is 0 Å². The van der Waals surface area contributed by atoms with Gasteiger partial charge in [-0.3, -0.25) is 4.79 Å². The Kier molecular flexibility index (Phi) is 3.11. The molecule has 1 aromatic carbocycles. The molecule has 0 aliphatic carbocycles. The number of benzene rings is 1. The second-order valence-electron chi connectivity index (χ2n) is 3.65. The summed E-state index contributed by atoms with van der Waals surface area (Å²) in [5.74, 6) is 1.15. The van der Waals surface area contributed by atoms with Gasteiger partial charge in [0, 0.05) is 11.4 Å². The van der Waals surface area contributed by atoms with Crippen molar-refractivity contribution in [3.8, 4) is 0 Å². The maximum Gasteiger partial charge on any atom is 0.185 e. The van der Waals surface area contributed by atoms with E-state index in [0.29, 0.717) is 17.1 Å². The van der Waals surface area contributed by atoms with Gasteiger partial charge in [-0.2, -0.15) is 0 Å². The van der Waals surface area contributed by atoms with Crippen LogP contribution in [-0.4, -0.2) is 6.29 Å². The number of hydrogen-bond donors (Lipinski definition) is 0. The van der Waals surface area contributed by atoms with E-state index < -0.39 is 0 Å². The molecule has 0 amide bonds.